The van der Waals surface area contributed by atoms with Gasteiger partial charge in [-0.05, 0) is 149 Å². The van der Waals surface area contributed by atoms with Crippen LogP contribution < -0.4 is 0 Å². The van der Waals surface area contributed by atoms with Gasteiger partial charge in [0, 0.05) is 37.3 Å². The lowest BCUT2D eigenvalue weighted by atomic mass is 9.86. The van der Waals surface area contributed by atoms with Gasteiger partial charge in [-0.2, -0.15) is 0 Å². The Bertz CT molecular complexity index is 1700. The Hall–Kier alpha value is 1.04. The molecule has 468 valence electrons. The van der Waals surface area contributed by atoms with Gasteiger partial charge in [0.15, 0.2) is 9.04 Å². The molecule has 1 heterocycles. The summed E-state index contributed by atoms with van der Waals surface area (Å²) < 4.78 is 66.2. The van der Waals surface area contributed by atoms with Gasteiger partial charge >= 0.3 is 52.6 Å². The first kappa shape index (κ1) is 77.1. The molecule has 78 heavy (non-hydrogen) atoms. The Morgan fingerprint density at radius 3 is 1.17 bits per heavy atom. The van der Waals surface area contributed by atoms with Crippen LogP contribution in [0, 0.1) is 79.3 Å². The van der Waals surface area contributed by atoms with Crippen molar-refractivity contribution < 1.29 is 52.7 Å². The van der Waals surface area contributed by atoms with E-state index in [2.05, 4.69) is 207 Å². The van der Waals surface area contributed by atoms with Crippen LogP contribution in [0.2, 0.25) is 55.4 Å². The van der Waals surface area contributed by atoms with E-state index >= 15 is 0 Å². The van der Waals surface area contributed by atoms with Crippen LogP contribution in [-0.2, 0) is 37.8 Å². The van der Waals surface area contributed by atoms with Crippen molar-refractivity contribution >= 4 is 61.6 Å². The Balaban J connectivity index is 4.88. The summed E-state index contributed by atoms with van der Waals surface area (Å²) in [6.07, 6.45) is 5.98. The SMILES string of the molecule is CO[Si](CC(C)CC(C)(C)C)(OO)O[Si](O)(CC(C)CC(C)(C)C)O[Si]1(CC(C)CC(C)(C)C)O[Si](C)(CC(C)CC(C)(C)C)O[Si](CC(C)CC(C)(C)C)(O[SiH](C)CC(C)CC(C)(C)C)O[Si](O)(CC(C)CC(C)(C)C)O1. The Morgan fingerprint density at radius 2 is 0.782 bits per heavy atom. The van der Waals surface area contributed by atoms with E-state index < -0.39 is 61.6 Å². The fraction of sp³-hybridized carbons (Fsp3) is 1.00. The quantitative estimate of drug-likeness (QED) is 0.0373. The van der Waals surface area contributed by atoms with Crippen LogP contribution in [0.5, 0.6) is 0 Å². The second kappa shape index (κ2) is 29.2. The molecule has 19 heteroatoms. The second-order valence-corrected chi connectivity index (χ2v) is 55.2. The van der Waals surface area contributed by atoms with Crippen molar-refractivity contribution in [1.82, 2.24) is 0 Å². The molecule has 0 saturated carbocycles. The van der Waals surface area contributed by atoms with Crippen molar-refractivity contribution in [2.45, 2.75) is 294 Å². The molecule has 1 saturated heterocycles. The van der Waals surface area contributed by atoms with Crippen molar-refractivity contribution in [2.24, 2.45) is 79.3 Å². The predicted octanol–water partition coefficient (Wildman–Crippen LogP) is 17.9. The van der Waals surface area contributed by atoms with Crippen molar-refractivity contribution in [2.75, 3.05) is 7.11 Å². The average Bonchev–Trinajstić information content (AvgIpc) is 3.06. The highest BCUT2D eigenvalue weighted by Gasteiger charge is 2.69. The minimum atomic E-state index is -4.70. The molecule has 0 aliphatic carbocycles. The Morgan fingerprint density at radius 1 is 0.462 bits per heavy atom. The van der Waals surface area contributed by atoms with Crippen LogP contribution >= 0.6 is 0 Å². The zero-order valence-electron chi connectivity index (χ0n) is 57.0. The molecule has 1 rings (SSSR count). The smallest absolute Gasteiger partial charge is 0.419 e. The van der Waals surface area contributed by atoms with Crippen molar-refractivity contribution in [3.63, 3.8) is 0 Å². The molecule has 0 aromatic carbocycles. The third-order valence-electron chi connectivity index (χ3n) is 14.0. The summed E-state index contributed by atoms with van der Waals surface area (Å²) in [6.45, 7) is 67.1. The van der Waals surface area contributed by atoms with Gasteiger partial charge in [0.25, 0.3) is 0 Å². The predicted molar refractivity (Wildman–Crippen MR) is 342 cm³/mol. The monoisotopic (exact) mass is 1230 g/mol. The molecule has 0 amide bonds. The zero-order valence-corrected chi connectivity index (χ0v) is 64.2. The minimum absolute atomic E-state index is 0.00495. The van der Waals surface area contributed by atoms with Crippen molar-refractivity contribution in [3.8, 4) is 0 Å². The lowest BCUT2D eigenvalue weighted by Gasteiger charge is -2.52. The van der Waals surface area contributed by atoms with Gasteiger partial charge in [0.1, 0.15) is 0 Å². The van der Waals surface area contributed by atoms with Crippen LogP contribution in [0.3, 0.4) is 0 Å². The van der Waals surface area contributed by atoms with E-state index in [0.717, 1.165) is 51.0 Å². The van der Waals surface area contributed by atoms with Gasteiger partial charge in [-0.25, -0.2) is 4.58 Å². The summed E-state index contributed by atoms with van der Waals surface area (Å²) in [5.74, 6) is 0.435. The van der Waals surface area contributed by atoms with E-state index in [9.17, 15) is 14.8 Å². The summed E-state index contributed by atoms with van der Waals surface area (Å²) in [4.78, 5) is 28.2. The summed E-state index contributed by atoms with van der Waals surface area (Å²) >= 11 is 0. The van der Waals surface area contributed by atoms with Crippen LogP contribution in [0.4, 0.5) is 0 Å². The van der Waals surface area contributed by atoms with E-state index in [0.29, 0.717) is 18.0 Å². The van der Waals surface area contributed by atoms with Crippen LogP contribution in [0.1, 0.15) is 239 Å². The van der Waals surface area contributed by atoms with Crippen LogP contribution in [-0.4, -0.2) is 83.6 Å². The molecule has 1 aliphatic heterocycles. The summed E-state index contributed by atoms with van der Waals surface area (Å²) in [5.41, 5.74) is -0.132. The van der Waals surface area contributed by atoms with Crippen LogP contribution in [0.25, 0.3) is 0 Å². The molecule has 3 N–H and O–H groups in total. The summed E-state index contributed by atoms with van der Waals surface area (Å²) in [5, 5.41) is 11.1. The number of rotatable bonds is 29. The molecule has 14 atom stereocenters. The van der Waals surface area contributed by atoms with E-state index in [1.54, 1.807) is 0 Å². The van der Waals surface area contributed by atoms with E-state index in [-0.39, 0.29) is 97.6 Å². The summed E-state index contributed by atoms with van der Waals surface area (Å²) in [6, 6.07) is 2.83. The third-order valence-corrected chi connectivity index (χ3v) is 42.9. The zero-order chi connectivity index (χ0) is 61.4. The highest BCUT2D eigenvalue weighted by Crippen LogP contribution is 2.48. The van der Waals surface area contributed by atoms with Gasteiger partial charge in [-0.3, -0.25) is 5.26 Å². The highest BCUT2D eigenvalue weighted by atomic mass is 28.6. The minimum Gasteiger partial charge on any atom is -0.419 e. The van der Waals surface area contributed by atoms with Crippen LogP contribution in [0.15, 0.2) is 0 Å². The average molecular weight is 1230 g/mol. The molecule has 0 spiro atoms. The highest BCUT2D eigenvalue weighted by molar-refractivity contribution is 6.93. The fourth-order valence-electron chi connectivity index (χ4n) is 14.1. The van der Waals surface area contributed by atoms with Crippen molar-refractivity contribution in [3.05, 3.63) is 0 Å². The topological polar surface area (TPSA) is 144 Å². The number of hydrogen-bond donors (Lipinski definition) is 3. The molecular formula is C59H132O12Si7. The first-order valence-electron chi connectivity index (χ1n) is 30.7. The molecular weight excluding hydrogens is 1100 g/mol. The Kier molecular flexibility index (Phi) is 28.8. The number of hydrogen-bond acceptors (Lipinski definition) is 12. The molecule has 0 aromatic heterocycles. The normalized spacial score (nSPS) is 27.6. The van der Waals surface area contributed by atoms with Gasteiger partial charge in [-0.1, -0.05) is 194 Å². The molecule has 1 aliphatic rings. The lowest BCUT2D eigenvalue weighted by molar-refractivity contribution is -0.191. The maximum Gasteiger partial charge on any atom is 0.522 e. The standard InChI is InChI=1S/C59H132O12Si7/c1-46(32-53(8,9)10)39-72(30)65-77(44-51(6)37-58(23,24)25)66-73(31,40-47(2)33-54(11,12)13)67-78(45-52(7)38-59(26,27)28,71-75(62,69-77)42-49(4)35-56(17,18)19)70-74(61,41-48(3)34-55(14,15)16)68-76(63-29,64-60)43-50(5)36-57(20,21)22/h46-52,60-62,72H,32-45H2,1-31H3. The van der Waals surface area contributed by atoms with Gasteiger partial charge in [0.05, 0.1) is 0 Å². The second-order valence-electron chi connectivity index (χ2n) is 35.0. The first-order valence-corrected chi connectivity index (χ1v) is 45.4. The van der Waals surface area contributed by atoms with E-state index in [1.165, 1.54) is 7.11 Å². The fourth-order valence-corrected chi connectivity index (χ4v) is 48.0. The molecule has 1 fully saturated rings. The Labute approximate surface area is 492 Å². The largest absolute Gasteiger partial charge is 0.522 e. The van der Waals surface area contributed by atoms with Gasteiger partial charge in [0.2, 0.25) is 0 Å². The van der Waals surface area contributed by atoms with E-state index in [4.69, 9.17) is 37.8 Å². The maximum absolute atomic E-state index is 14.2. The summed E-state index contributed by atoms with van der Waals surface area (Å²) in [7, 11) is -26.2. The third kappa shape index (κ3) is 32.5. The molecule has 0 radical (unpaired) electrons. The molecule has 0 bridgehead atoms. The molecule has 0 aromatic rings. The lowest BCUT2D eigenvalue weighted by Crippen LogP contribution is -2.75. The van der Waals surface area contributed by atoms with Crippen molar-refractivity contribution in [1.29, 1.82) is 0 Å². The maximum atomic E-state index is 14.2. The van der Waals surface area contributed by atoms with E-state index in [1.807, 2.05) is 0 Å². The molecule has 12 nitrogen and oxygen atoms in total. The molecule has 14 unspecified atom stereocenters. The van der Waals surface area contributed by atoms with Gasteiger partial charge < -0.3 is 42.8 Å². The van der Waals surface area contributed by atoms with Gasteiger partial charge in [-0.15, -0.1) is 0 Å². The first-order chi connectivity index (χ1) is 34.5.